The summed E-state index contributed by atoms with van der Waals surface area (Å²) in [6.45, 7) is 1.82. The Labute approximate surface area is 110 Å². The first kappa shape index (κ1) is 13.3. The monoisotopic (exact) mass is 266 g/mol. The second-order valence-electron chi connectivity index (χ2n) is 4.24. The Hall–Kier alpha value is -2.11. The fourth-order valence-corrected chi connectivity index (χ4v) is 1.87. The Bertz CT molecular complexity index is 459. The van der Waals surface area contributed by atoms with Crippen LogP contribution in [0, 0.1) is 5.82 Å². The minimum absolute atomic E-state index is 0.0716. The number of halogens is 1. The van der Waals surface area contributed by atoms with Gasteiger partial charge in [-0.1, -0.05) is 12.1 Å². The SMILES string of the molecule is O=CN1CCN(C(=O)COc2ccccc2F)CC1. The van der Waals surface area contributed by atoms with Gasteiger partial charge in [-0.05, 0) is 12.1 Å². The number of para-hydroxylation sites is 1. The summed E-state index contributed by atoms with van der Waals surface area (Å²) in [7, 11) is 0. The van der Waals surface area contributed by atoms with E-state index in [1.54, 1.807) is 21.9 Å². The molecule has 1 fully saturated rings. The summed E-state index contributed by atoms with van der Waals surface area (Å²) in [6, 6.07) is 5.96. The summed E-state index contributed by atoms with van der Waals surface area (Å²) in [5.41, 5.74) is 0. The third-order valence-electron chi connectivity index (χ3n) is 3.00. The fraction of sp³-hybridized carbons (Fsp3) is 0.385. The first-order valence-corrected chi connectivity index (χ1v) is 6.05. The number of piperazine rings is 1. The summed E-state index contributed by atoms with van der Waals surface area (Å²) in [5, 5.41) is 0. The van der Waals surface area contributed by atoms with Gasteiger partial charge in [0.25, 0.3) is 5.91 Å². The van der Waals surface area contributed by atoms with Gasteiger partial charge in [-0.3, -0.25) is 9.59 Å². The molecule has 1 heterocycles. The van der Waals surface area contributed by atoms with Crippen molar-refractivity contribution in [2.24, 2.45) is 0 Å². The number of hydrogen-bond donors (Lipinski definition) is 0. The molecule has 19 heavy (non-hydrogen) atoms. The quantitative estimate of drug-likeness (QED) is 0.746. The Kier molecular flexibility index (Phi) is 4.33. The van der Waals surface area contributed by atoms with Gasteiger partial charge in [0.1, 0.15) is 0 Å². The summed E-state index contributed by atoms with van der Waals surface area (Å²) >= 11 is 0. The highest BCUT2D eigenvalue weighted by molar-refractivity contribution is 5.78. The van der Waals surface area contributed by atoms with Crippen LogP contribution in [-0.4, -0.2) is 54.9 Å². The van der Waals surface area contributed by atoms with Crippen molar-refractivity contribution in [2.45, 2.75) is 0 Å². The molecule has 0 bridgehead atoms. The molecule has 1 aromatic carbocycles. The first-order valence-electron chi connectivity index (χ1n) is 6.05. The van der Waals surface area contributed by atoms with E-state index < -0.39 is 5.82 Å². The molecule has 1 saturated heterocycles. The molecule has 1 aromatic rings. The van der Waals surface area contributed by atoms with Crippen LogP contribution in [-0.2, 0) is 9.59 Å². The number of amides is 2. The number of carbonyl (C=O) groups excluding carboxylic acids is 2. The maximum atomic E-state index is 13.3. The third-order valence-corrected chi connectivity index (χ3v) is 3.00. The predicted octanol–water partition coefficient (Wildman–Crippen LogP) is 0.505. The van der Waals surface area contributed by atoms with Crippen LogP contribution in [0.15, 0.2) is 24.3 Å². The Morgan fingerprint density at radius 1 is 1.26 bits per heavy atom. The average molecular weight is 266 g/mol. The number of nitrogens with zero attached hydrogens (tertiary/aromatic N) is 2. The minimum Gasteiger partial charge on any atom is -0.481 e. The van der Waals surface area contributed by atoms with Crippen molar-refractivity contribution in [3.05, 3.63) is 30.1 Å². The molecule has 2 rings (SSSR count). The number of benzene rings is 1. The maximum Gasteiger partial charge on any atom is 0.260 e. The predicted molar refractivity (Wildman–Crippen MR) is 66.1 cm³/mol. The molecular weight excluding hydrogens is 251 g/mol. The molecule has 1 aliphatic heterocycles. The molecule has 6 heteroatoms. The zero-order chi connectivity index (χ0) is 13.7. The van der Waals surface area contributed by atoms with Gasteiger partial charge in [-0.2, -0.15) is 0 Å². The maximum absolute atomic E-state index is 13.3. The molecule has 0 aromatic heterocycles. The largest absolute Gasteiger partial charge is 0.481 e. The van der Waals surface area contributed by atoms with E-state index in [4.69, 9.17) is 4.74 Å². The zero-order valence-corrected chi connectivity index (χ0v) is 10.4. The normalized spacial score (nSPS) is 15.2. The van der Waals surface area contributed by atoms with Gasteiger partial charge >= 0.3 is 0 Å². The first-order chi connectivity index (χ1) is 9.20. The lowest BCUT2D eigenvalue weighted by Gasteiger charge is -2.32. The Morgan fingerprint density at radius 3 is 2.58 bits per heavy atom. The fourth-order valence-electron chi connectivity index (χ4n) is 1.87. The van der Waals surface area contributed by atoms with Crippen LogP contribution in [0.3, 0.4) is 0 Å². The van der Waals surface area contributed by atoms with Gasteiger partial charge in [0.05, 0.1) is 0 Å². The molecule has 0 saturated carbocycles. The summed E-state index contributed by atoms with van der Waals surface area (Å²) in [5.74, 6) is -0.614. The molecule has 0 aliphatic carbocycles. The van der Waals surface area contributed by atoms with Crippen LogP contribution in [0.4, 0.5) is 4.39 Å². The van der Waals surface area contributed by atoms with E-state index in [1.165, 1.54) is 12.1 Å². The molecule has 0 N–H and O–H groups in total. The minimum atomic E-state index is -0.485. The highest BCUT2D eigenvalue weighted by atomic mass is 19.1. The van der Waals surface area contributed by atoms with Crippen molar-refractivity contribution in [3.63, 3.8) is 0 Å². The second kappa shape index (κ2) is 6.17. The molecule has 1 aliphatic rings. The van der Waals surface area contributed by atoms with Gasteiger partial charge < -0.3 is 14.5 Å². The highest BCUT2D eigenvalue weighted by Crippen LogP contribution is 2.15. The van der Waals surface area contributed by atoms with Gasteiger partial charge in [-0.25, -0.2) is 4.39 Å². The van der Waals surface area contributed by atoms with E-state index in [0.29, 0.717) is 26.2 Å². The van der Waals surface area contributed by atoms with Crippen LogP contribution >= 0.6 is 0 Å². The van der Waals surface area contributed by atoms with Crippen LogP contribution in [0.25, 0.3) is 0 Å². The van der Waals surface area contributed by atoms with Crippen LogP contribution in [0.5, 0.6) is 5.75 Å². The van der Waals surface area contributed by atoms with E-state index in [0.717, 1.165) is 6.41 Å². The Balaban J connectivity index is 1.82. The smallest absolute Gasteiger partial charge is 0.260 e. The van der Waals surface area contributed by atoms with Crippen molar-refractivity contribution in [3.8, 4) is 5.75 Å². The number of hydrogen-bond acceptors (Lipinski definition) is 3. The summed E-state index contributed by atoms with van der Waals surface area (Å²) < 4.78 is 18.4. The van der Waals surface area contributed by atoms with Crippen molar-refractivity contribution in [2.75, 3.05) is 32.8 Å². The van der Waals surface area contributed by atoms with E-state index in [2.05, 4.69) is 0 Å². The summed E-state index contributed by atoms with van der Waals surface area (Å²) in [4.78, 5) is 25.6. The molecule has 2 amide bonds. The van der Waals surface area contributed by atoms with E-state index in [-0.39, 0.29) is 18.3 Å². The van der Waals surface area contributed by atoms with E-state index in [9.17, 15) is 14.0 Å². The van der Waals surface area contributed by atoms with Gasteiger partial charge in [0.2, 0.25) is 6.41 Å². The zero-order valence-electron chi connectivity index (χ0n) is 10.4. The molecule has 5 nitrogen and oxygen atoms in total. The van der Waals surface area contributed by atoms with Gasteiger partial charge in [0, 0.05) is 26.2 Å². The standard InChI is InChI=1S/C13H15FN2O3/c14-11-3-1-2-4-12(11)19-9-13(18)16-7-5-15(10-17)6-8-16/h1-4,10H,5-9H2. The lowest BCUT2D eigenvalue weighted by molar-refractivity contribution is -0.137. The molecule has 0 spiro atoms. The second-order valence-corrected chi connectivity index (χ2v) is 4.24. The third kappa shape index (κ3) is 3.43. The lowest BCUT2D eigenvalue weighted by Crippen LogP contribution is -2.49. The van der Waals surface area contributed by atoms with E-state index >= 15 is 0 Å². The molecule has 102 valence electrons. The van der Waals surface area contributed by atoms with Crippen LogP contribution < -0.4 is 4.74 Å². The number of rotatable bonds is 4. The van der Waals surface area contributed by atoms with Crippen LogP contribution in [0.2, 0.25) is 0 Å². The van der Waals surface area contributed by atoms with E-state index in [1.807, 2.05) is 0 Å². The molecule has 0 atom stereocenters. The van der Waals surface area contributed by atoms with Crippen molar-refractivity contribution in [1.29, 1.82) is 0 Å². The molecule has 0 unspecified atom stereocenters. The number of ether oxygens (including phenoxy) is 1. The van der Waals surface area contributed by atoms with Gasteiger partial charge in [0.15, 0.2) is 18.2 Å². The highest BCUT2D eigenvalue weighted by Gasteiger charge is 2.20. The van der Waals surface area contributed by atoms with Gasteiger partial charge in [-0.15, -0.1) is 0 Å². The number of carbonyl (C=O) groups is 2. The van der Waals surface area contributed by atoms with Crippen molar-refractivity contribution < 1.29 is 18.7 Å². The molecular formula is C13H15FN2O3. The topological polar surface area (TPSA) is 49.9 Å². The lowest BCUT2D eigenvalue weighted by atomic mass is 10.3. The van der Waals surface area contributed by atoms with Crippen molar-refractivity contribution in [1.82, 2.24) is 9.80 Å². The molecule has 0 radical (unpaired) electrons. The van der Waals surface area contributed by atoms with Crippen molar-refractivity contribution >= 4 is 12.3 Å². The van der Waals surface area contributed by atoms with Crippen LogP contribution in [0.1, 0.15) is 0 Å². The average Bonchev–Trinajstić information content (AvgIpc) is 2.46. The summed E-state index contributed by atoms with van der Waals surface area (Å²) in [6.07, 6.45) is 0.775. The Morgan fingerprint density at radius 2 is 1.95 bits per heavy atom.